The summed E-state index contributed by atoms with van der Waals surface area (Å²) in [6.45, 7) is 2.01. The van der Waals surface area contributed by atoms with Gasteiger partial charge in [0, 0.05) is 89.2 Å². The van der Waals surface area contributed by atoms with Crippen LogP contribution in [0.15, 0.2) is 374 Å². The summed E-state index contributed by atoms with van der Waals surface area (Å²) in [6, 6.07) is 135. The Labute approximate surface area is 583 Å². The minimum atomic E-state index is -0.165. The molecule has 15 aromatic carbocycles. The van der Waals surface area contributed by atoms with Gasteiger partial charge in [-0.1, -0.05) is 272 Å². The number of para-hydroxylation sites is 8. The van der Waals surface area contributed by atoms with Crippen molar-refractivity contribution in [2.45, 2.75) is 16.7 Å². The number of hydrogen-bond acceptors (Lipinski definition) is 6. The summed E-state index contributed by atoms with van der Waals surface area (Å²) in [5.74, 6) is 0. The van der Waals surface area contributed by atoms with Crippen LogP contribution in [0, 0.1) is 6.92 Å². The highest BCUT2D eigenvalue weighted by Gasteiger charge is 2.48. The van der Waals surface area contributed by atoms with Crippen molar-refractivity contribution in [2.75, 3.05) is 24.5 Å². The zero-order chi connectivity index (χ0) is 65.5. The molecular weight excluding hydrogens is 1220 g/mol. The number of fused-ring (bicyclic) bond motifs is 8. The molecule has 0 radical (unpaired) electrons. The number of rotatable bonds is 12. The molecule has 4 aliphatic rings. The second-order valence-corrected chi connectivity index (χ2v) is 27.0. The molecule has 0 N–H and O–H groups in total. The molecule has 0 saturated carbocycles. The first-order valence-electron chi connectivity index (χ1n) is 34.1. The monoisotopic (exact) mass is 1280 g/mol. The zero-order valence-electron chi connectivity index (χ0n) is 54.4. The van der Waals surface area contributed by atoms with Crippen molar-refractivity contribution in [3.05, 3.63) is 370 Å². The molecule has 19 rings (SSSR count). The van der Waals surface area contributed by atoms with E-state index in [0.717, 1.165) is 102 Å². The van der Waals surface area contributed by atoms with E-state index in [4.69, 9.17) is 0 Å². The average Bonchev–Trinajstić information content (AvgIpc) is 0.687. The van der Waals surface area contributed by atoms with Gasteiger partial charge in [0.2, 0.25) is 6.71 Å². The van der Waals surface area contributed by atoms with Crippen molar-refractivity contribution >= 4 is 143 Å². The fraction of sp³-hybridized carbons (Fsp3) is 0.0110. The van der Waals surface area contributed by atoms with Crippen molar-refractivity contribution in [1.29, 1.82) is 0 Å². The van der Waals surface area contributed by atoms with Crippen LogP contribution >= 0.6 is 11.8 Å². The molecule has 464 valence electrons. The molecule has 4 heterocycles. The first kappa shape index (κ1) is 58.2. The number of nitrogens with zero attached hydrogens (tertiary/aromatic N) is 5. The standard InChI is InChI=1S/C91H63B2N5S/c1-62-30-29-46-75(66-35-13-4-14-36-66)91(62)98-83-61-87-79(60-78(83)92-76-47-24-27-50-81(76)96(69-41-19-7-20-42-69)84-56-72(57-85(98)89(84)92)94(67-37-15-5-16-38-67)68-39-17-6-18-40-68)93-77-48-25-28-51-82(77)97(70-43-21-8-22-44-70)86-58-73(59-88(99-87)90(86)93)95(71-54-52-64(53-55-71)63-31-9-2-10-32-63)80-49-26-23-45-74(80)65-33-11-3-12-34-65/h2-61H,1H3. The van der Waals surface area contributed by atoms with Crippen molar-refractivity contribution < 1.29 is 0 Å². The van der Waals surface area contributed by atoms with E-state index in [0.29, 0.717) is 0 Å². The molecule has 15 aromatic rings. The zero-order valence-corrected chi connectivity index (χ0v) is 55.3. The molecule has 0 aliphatic carbocycles. The molecule has 0 spiro atoms. The third-order valence-electron chi connectivity index (χ3n) is 20.3. The summed E-state index contributed by atoms with van der Waals surface area (Å²) in [5.41, 5.74) is 32.6. The second-order valence-electron chi connectivity index (χ2n) is 26.0. The molecule has 0 saturated heterocycles. The lowest BCUT2D eigenvalue weighted by Crippen LogP contribution is -2.64. The molecule has 0 amide bonds. The van der Waals surface area contributed by atoms with Gasteiger partial charge in [0.15, 0.2) is 0 Å². The Balaban J connectivity index is 0.901. The first-order chi connectivity index (χ1) is 49.1. The summed E-state index contributed by atoms with van der Waals surface area (Å²) in [5, 5.41) is 0. The van der Waals surface area contributed by atoms with Gasteiger partial charge >= 0.3 is 0 Å². The SMILES string of the molecule is Cc1cccc(-c2ccccc2)c1N1c2cc3c(cc2B2c4ccccc4N(c4ccccc4)c4cc(N(c5ccccc5)c5ccccc5)cc1c42)B1c2ccccc2N(c2ccccc2)c2cc(N(c4ccc(-c5ccccc5)cc4)c4ccccc4-c4ccccc4)cc(c21)S3. The highest BCUT2D eigenvalue weighted by atomic mass is 32.2. The van der Waals surface area contributed by atoms with Gasteiger partial charge in [0.25, 0.3) is 6.71 Å². The van der Waals surface area contributed by atoms with E-state index in [1.807, 2.05) is 11.8 Å². The topological polar surface area (TPSA) is 16.2 Å². The Morgan fingerprint density at radius 2 is 0.697 bits per heavy atom. The molecule has 99 heavy (non-hydrogen) atoms. The van der Waals surface area contributed by atoms with Crippen LogP contribution in [-0.4, -0.2) is 13.4 Å². The van der Waals surface area contributed by atoms with E-state index in [1.165, 1.54) is 64.9 Å². The summed E-state index contributed by atoms with van der Waals surface area (Å²) in [4.78, 5) is 15.1. The van der Waals surface area contributed by atoms with Crippen molar-refractivity contribution in [3.63, 3.8) is 0 Å². The third kappa shape index (κ3) is 9.73. The van der Waals surface area contributed by atoms with Gasteiger partial charge < -0.3 is 24.5 Å². The minimum Gasteiger partial charge on any atom is -0.311 e. The quantitative estimate of drug-likeness (QED) is 0.113. The van der Waals surface area contributed by atoms with Crippen LogP contribution in [-0.2, 0) is 0 Å². The number of benzene rings is 15. The van der Waals surface area contributed by atoms with Gasteiger partial charge in [-0.3, -0.25) is 0 Å². The lowest BCUT2D eigenvalue weighted by atomic mass is 9.31. The molecule has 0 atom stereocenters. The van der Waals surface area contributed by atoms with E-state index in [-0.39, 0.29) is 13.4 Å². The van der Waals surface area contributed by atoms with Crippen LogP contribution in [0.5, 0.6) is 0 Å². The fourth-order valence-corrected chi connectivity index (χ4v) is 17.3. The highest BCUT2D eigenvalue weighted by molar-refractivity contribution is 8.00. The lowest BCUT2D eigenvalue weighted by molar-refractivity contribution is 1.21. The van der Waals surface area contributed by atoms with E-state index in [1.54, 1.807) is 0 Å². The van der Waals surface area contributed by atoms with Gasteiger partial charge in [0.1, 0.15) is 0 Å². The second kappa shape index (κ2) is 24.2. The summed E-state index contributed by atoms with van der Waals surface area (Å²) in [6.07, 6.45) is 0. The molecule has 4 aliphatic heterocycles. The Bertz CT molecular complexity index is 5530. The molecule has 0 unspecified atom stereocenters. The number of anilines is 15. The van der Waals surface area contributed by atoms with Gasteiger partial charge in [-0.05, 0) is 171 Å². The fourth-order valence-electron chi connectivity index (χ4n) is 16.1. The largest absolute Gasteiger partial charge is 0.311 e. The maximum Gasteiger partial charge on any atom is 0.252 e. The van der Waals surface area contributed by atoms with Crippen molar-refractivity contribution in [1.82, 2.24) is 0 Å². The van der Waals surface area contributed by atoms with Crippen molar-refractivity contribution in [2.24, 2.45) is 0 Å². The molecule has 0 aromatic heterocycles. The first-order valence-corrected chi connectivity index (χ1v) is 34.9. The maximum absolute atomic E-state index is 2.67. The van der Waals surface area contributed by atoms with Crippen LogP contribution in [0.1, 0.15) is 5.56 Å². The van der Waals surface area contributed by atoms with Gasteiger partial charge in [-0.25, -0.2) is 0 Å². The molecular formula is C91H63B2N5S. The average molecular weight is 1280 g/mol. The van der Waals surface area contributed by atoms with Gasteiger partial charge in [0.05, 0.1) is 17.1 Å². The Kier molecular flexibility index (Phi) is 14.2. The smallest absolute Gasteiger partial charge is 0.252 e. The minimum absolute atomic E-state index is 0.128. The van der Waals surface area contributed by atoms with Crippen LogP contribution in [0.3, 0.4) is 0 Å². The normalized spacial score (nSPS) is 12.8. The number of aryl methyl sites for hydroxylation is 1. The summed E-state index contributed by atoms with van der Waals surface area (Å²) in [7, 11) is 0. The summed E-state index contributed by atoms with van der Waals surface area (Å²) >= 11 is 1.92. The molecule has 0 bridgehead atoms. The third-order valence-corrected chi connectivity index (χ3v) is 21.5. The number of hydrogen-bond donors (Lipinski definition) is 0. The van der Waals surface area contributed by atoms with Crippen LogP contribution in [0.4, 0.5) is 85.3 Å². The van der Waals surface area contributed by atoms with Crippen molar-refractivity contribution in [3.8, 4) is 33.4 Å². The predicted octanol–water partition coefficient (Wildman–Crippen LogP) is 20.8. The highest BCUT2D eigenvalue weighted by Crippen LogP contribution is 2.53. The Morgan fingerprint density at radius 1 is 0.263 bits per heavy atom. The predicted molar refractivity (Wildman–Crippen MR) is 421 cm³/mol. The van der Waals surface area contributed by atoms with Gasteiger partial charge in [-0.15, -0.1) is 0 Å². The Morgan fingerprint density at radius 3 is 1.28 bits per heavy atom. The summed E-state index contributed by atoms with van der Waals surface area (Å²) < 4.78 is 0. The lowest BCUT2D eigenvalue weighted by Gasteiger charge is -2.46. The van der Waals surface area contributed by atoms with Crippen LogP contribution < -0.4 is 57.3 Å². The van der Waals surface area contributed by atoms with E-state index in [2.05, 4.69) is 395 Å². The maximum atomic E-state index is 2.67. The Hall–Kier alpha value is -12.2. The molecule has 5 nitrogen and oxygen atoms in total. The van der Waals surface area contributed by atoms with Crippen LogP contribution in [0.25, 0.3) is 33.4 Å². The molecule has 8 heteroatoms. The van der Waals surface area contributed by atoms with E-state index >= 15 is 0 Å². The van der Waals surface area contributed by atoms with E-state index < -0.39 is 0 Å². The molecule has 0 fully saturated rings. The van der Waals surface area contributed by atoms with Gasteiger partial charge in [-0.2, -0.15) is 0 Å². The van der Waals surface area contributed by atoms with E-state index in [9.17, 15) is 0 Å². The van der Waals surface area contributed by atoms with Crippen LogP contribution in [0.2, 0.25) is 0 Å².